The second-order valence-corrected chi connectivity index (χ2v) is 3.24. The van der Waals surface area contributed by atoms with Gasteiger partial charge in [-0.1, -0.05) is 18.2 Å². The van der Waals surface area contributed by atoms with E-state index in [4.69, 9.17) is 21.1 Å². The highest BCUT2D eigenvalue weighted by Crippen LogP contribution is 2.29. The Labute approximate surface area is 99.6 Å². The molecular formula is C12H13ClO3. The summed E-state index contributed by atoms with van der Waals surface area (Å²) in [5, 5.41) is 0. The van der Waals surface area contributed by atoms with E-state index in [2.05, 4.69) is 0 Å². The molecular weight excluding hydrogens is 228 g/mol. The van der Waals surface area contributed by atoms with Crippen LogP contribution in [0, 0.1) is 0 Å². The first-order valence-electron chi connectivity index (χ1n) is 4.79. The number of benzene rings is 1. The molecule has 0 heterocycles. The van der Waals surface area contributed by atoms with Crippen LogP contribution in [0.1, 0.15) is 10.4 Å². The van der Waals surface area contributed by atoms with Gasteiger partial charge in [-0.25, -0.2) is 0 Å². The molecule has 0 spiro atoms. The molecule has 0 amide bonds. The fraction of sp³-hybridized carbons (Fsp3) is 0.250. The van der Waals surface area contributed by atoms with Gasteiger partial charge in [0.05, 0.1) is 12.7 Å². The van der Waals surface area contributed by atoms with Crippen molar-refractivity contribution in [3.8, 4) is 11.5 Å². The van der Waals surface area contributed by atoms with E-state index in [1.165, 1.54) is 7.11 Å². The zero-order chi connectivity index (χ0) is 11.8. The largest absolute Gasteiger partial charge is 0.493 e. The first-order chi connectivity index (χ1) is 7.83. The van der Waals surface area contributed by atoms with E-state index in [-0.39, 0.29) is 0 Å². The van der Waals surface area contributed by atoms with Crippen LogP contribution < -0.4 is 9.47 Å². The number of hydrogen-bond donors (Lipinski definition) is 0. The van der Waals surface area contributed by atoms with Crippen LogP contribution in [-0.2, 0) is 0 Å². The van der Waals surface area contributed by atoms with Crippen LogP contribution in [0.25, 0.3) is 0 Å². The Morgan fingerprint density at radius 3 is 2.81 bits per heavy atom. The highest BCUT2D eigenvalue weighted by Gasteiger charge is 2.08. The van der Waals surface area contributed by atoms with Gasteiger partial charge in [0, 0.05) is 5.88 Å². The Morgan fingerprint density at radius 1 is 1.38 bits per heavy atom. The van der Waals surface area contributed by atoms with Crippen LogP contribution in [0.4, 0.5) is 0 Å². The van der Waals surface area contributed by atoms with Crippen molar-refractivity contribution in [3.05, 3.63) is 35.9 Å². The van der Waals surface area contributed by atoms with Gasteiger partial charge >= 0.3 is 0 Å². The third-order valence-corrected chi connectivity index (χ3v) is 2.11. The van der Waals surface area contributed by atoms with Gasteiger partial charge in [0.2, 0.25) is 0 Å². The molecule has 0 aliphatic carbocycles. The van der Waals surface area contributed by atoms with Crippen molar-refractivity contribution >= 4 is 17.9 Å². The maximum absolute atomic E-state index is 10.8. The number of aldehydes is 1. The molecule has 0 aromatic heterocycles. The summed E-state index contributed by atoms with van der Waals surface area (Å²) < 4.78 is 10.6. The fourth-order valence-electron chi connectivity index (χ4n) is 1.20. The first kappa shape index (κ1) is 12.6. The van der Waals surface area contributed by atoms with E-state index in [0.29, 0.717) is 29.5 Å². The van der Waals surface area contributed by atoms with Crippen molar-refractivity contribution in [2.45, 2.75) is 0 Å². The molecule has 3 nitrogen and oxygen atoms in total. The molecule has 4 heteroatoms. The molecule has 0 N–H and O–H groups in total. The Bertz CT molecular complexity index is 375. The first-order valence-corrected chi connectivity index (χ1v) is 5.33. The van der Waals surface area contributed by atoms with Gasteiger partial charge in [0.25, 0.3) is 0 Å². The van der Waals surface area contributed by atoms with Gasteiger partial charge < -0.3 is 9.47 Å². The highest BCUT2D eigenvalue weighted by molar-refractivity contribution is 6.18. The summed E-state index contributed by atoms with van der Waals surface area (Å²) in [6.07, 6.45) is 4.30. The number of methoxy groups -OCH3 is 1. The molecule has 0 atom stereocenters. The lowest BCUT2D eigenvalue weighted by Gasteiger charge is -2.10. The molecule has 0 saturated carbocycles. The minimum absolute atomic E-state index is 0.355. The maximum atomic E-state index is 10.8. The van der Waals surface area contributed by atoms with Crippen molar-refractivity contribution < 1.29 is 14.3 Å². The van der Waals surface area contributed by atoms with Crippen molar-refractivity contribution in [2.75, 3.05) is 19.6 Å². The zero-order valence-electron chi connectivity index (χ0n) is 8.98. The molecule has 0 unspecified atom stereocenters. The second kappa shape index (κ2) is 6.90. The van der Waals surface area contributed by atoms with Crippen LogP contribution in [0.3, 0.4) is 0 Å². The van der Waals surface area contributed by atoms with E-state index >= 15 is 0 Å². The third-order valence-electron chi connectivity index (χ3n) is 1.94. The van der Waals surface area contributed by atoms with Crippen LogP contribution in [0.5, 0.6) is 11.5 Å². The van der Waals surface area contributed by atoms with E-state index in [9.17, 15) is 4.79 Å². The Morgan fingerprint density at radius 2 is 2.19 bits per heavy atom. The molecule has 1 aromatic carbocycles. The number of alkyl halides is 1. The fourth-order valence-corrected chi connectivity index (χ4v) is 1.33. The number of halogens is 1. The smallest absolute Gasteiger partial charge is 0.172 e. The number of carbonyl (C=O) groups excluding carboxylic acids is 1. The number of para-hydroxylation sites is 1. The highest BCUT2D eigenvalue weighted by atomic mass is 35.5. The van der Waals surface area contributed by atoms with Crippen molar-refractivity contribution in [1.29, 1.82) is 0 Å². The van der Waals surface area contributed by atoms with Crippen molar-refractivity contribution in [2.24, 2.45) is 0 Å². The quantitative estimate of drug-likeness (QED) is 0.436. The van der Waals surface area contributed by atoms with Crippen LogP contribution in [-0.4, -0.2) is 25.9 Å². The Balaban J connectivity index is 2.82. The van der Waals surface area contributed by atoms with Gasteiger partial charge in [0.15, 0.2) is 17.8 Å². The molecule has 0 radical (unpaired) electrons. The van der Waals surface area contributed by atoms with Gasteiger partial charge in [-0.3, -0.25) is 4.79 Å². The van der Waals surface area contributed by atoms with Gasteiger partial charge in [0.1, 0.15) is 6.61 Å². The molecule has 1 rings (SSSR count). The lowest BCUT2D eigenvalue weighted by atomic mass is 10.2. The third kappa shape index (κ3) is 3.28. The number of ether oxygens (including phenoxy) is 2. The summed E-state index contributed by atoms with van der Waals surface area (Å²) >= 11 is 5.48. The average Bonchev–Trinajstić information content (AvgIpc) is 2.34. The predicted octanol–water partition coefficient (Wildman–Crippen LogP) is 2.68. The average molecular weight is 241 g/mol. The monoisotopic (exact) mass is 240 g/mol. The lowest BCUT2D eigenvalue weighted by Crippen LogP contribution is -2.00. The summed E-state index contributed by atoms with van der Waals surface area (Å²) in [6, 6.07) is 5.16. The van der Waals surface area contributed by atoms with E-state index in [1.54, 1.807) is 30.4 Å². The van der Waals surface area contributed by atoms with E-state index in [1.807, 2.05) is 0 Å². The lowest BCUT2D eigenvalue weighted by molar-refractivity contribution is 0.111. The zero-order valence-corrected chi connectivity index (χ0v) is 9.74. The summed E-state index contributed by atoms with van der Waals surface area (Å²) in [6.45, 7) is 0.355. The van der Waals surface area contributed by atoms with Crippen LogP contribution >= 0.6 is 11.6 Å². The van der Waals surface area contributed by atoms with E-state index < -0.39 is 0 Å². The summed E-state index contributed by atoms with van der Waals surface area (Å²) in [5.74, 6) is 1.44. The molecule has 0 fully saturated rings. The van der Waals surface area contributed by atoms with Crippen molar-refractivity contribution in [3.63, 3.8) is 0 Å². The minimum Gasteiger partial charge on any atom is -0.493 e. The van der Waals surface area contributed by atoms with Crippen molar-refractivity contribution in [1.82, 2.24) is 0 Å². The normalized spacial score (nSPS) is 10.4. The number of rotatable bonds is 6. The molecule has 1 aromatic rings. The Hall–Kier alpha value is -1.48. The summed E-state index contributed by atoms with van der Waals surface area (Å²) in [5.41, 5.74) is 0.471. The minimum atomic E-state index is 0.355. The molecule has 86 valence electrons. The molecule has 0 bridgehead atoms. The summed E-state index contributed by atoms with van der Waals surface area (Å²) in [7, 11) is 1.53. The number of hydrogen-bond acceptors (Lipinski definition) is 3. The standard InChI is InChI=1S/C12H13ClO3/c1-15-11-6-4-5-10(9-14)12(11)16-8-3-2-7-13/h2-6,9H,7-8H2,1H3/b3-2+. The number of carbonyl (C=O) groups is 1. The molecule has 0 aliphatic heterocycles. The molecule has 0 aliphatic rings. The maximum Gasteiger partial charge on any atom is 0.172 e. The van der Waals surface area contributed by atoms with E-state index in [0.717, 1.165) is 6.29 Å². The number of allylic oxidation sites excluding steroid dienone is 1. The molecule has 16 heavy (non-hydrogen) atoms. The molecule has 0 saturated heterocycles. The van der Waals surface area contributed by atoms with Gasteiger partial charge in [-0.05, 0) is 12.1 Å². The second-order valence-electron chi connectivity index (χ2n) is 2.93. The van der Waals surface area contributed by atoms with Crippen LogP contribution in [0.15, 0.2) is 30.4 Å². The predicted molar refractivity (Wildman–Crippen MR) is 63.7 cm³/mol. The SMILES string of the molecule is COc1cccc(C=O)c1OC/C=C/CCl. The Kier molecular flexibility index (Phi) is 5.43. The summed E-state index contributed by atoms with van der Waals surface area (Å²) in [4.78, 5) is 10.8. The van der Waals surface area contributed by atoms with Gasteiger partial charge in [-0.15, -0.1) is 11.6 Å². The topological polar surface area (TPSA) is 35.5 Å². The van der Waals surface area contributed by atoms with Gasteiger partial charge in [-0.2, -0.15) is 0 Å². The van der Waals surface area contributed by atoms with Crippen LogP contribution in [0.2, 0.25) is 0 Å².